The Labute approximate surface area is 131 Å². The van der Waals surface area contributed by atoms with Gasteiger partial charge in [-0.3, -0.25) is 4.90 Å². The standard InChI is InChI=1S/C16H22N4S/c1-12-6-7-14(9-13(12)2)15-5-4-8-19(15)11-20-16(21)18(3)10-17-20/h6-7,9-10,15H,4-5,8,11H2,1-3H3. The van der Waals surface area contributed by atoms with Gasteiger partial charge in [0.15, 0.2) is 4.77 Å². The highest BCUT2D eigenvalue weighted by Gasteiger charge is 2.26. The van der Waals surface area contributed by atoms with Gasteiger partial charge in [-0.1, -0.05) is 18.2 Å². The van der Waals surface area contributed by atoms with Gasteiger partial charge in [0.1, 0.15) is 6.33 Å². The van der Waals surface area contributed by atoms with Crippen molar-refractivity contribution in [2.75, 3.05) is 6.54 Å². The van der Waals surface area contributed by atoms with Crippen molar-refractivity contribution in [2.45, 2.75) is 39.4 Å². The predicted octanol–water partition coefficient (Wildman–Crippen LogP) is 3.36. The summed E-state index contributed by atoms with van der Waals surface area (Å²) in [6.45, 7) is 6.24. The Morgan fingerprint density at radius 3 is 2.76 bits per heavy atom. The molecule has 0 N–H and O–H groups in total. The molecule has 0 bridgehead atoms. The fraction of sp³-hybridized carbons (Fsp3) is 0.500. The molecule has 0 saturated carbocycles. The van der Waals surface area contributed by atoms with Gasteiger partial charge in [0, 0.05) is 19.6 Å². The monoisotopic (exact) mass is 302 g/mol. The molecular formula is C16H22N4S. The third kappa shape index (κ3) is 2.80. The molecule has 1 unspecified atom stereocenters. The van der Waals surface area contributed by atoms with Gasteiger partial charge in [-0.15, -0.1) is 0 Å². The molecule has 2 heterocycles. The fourth-order valence-electron chi connectivity index (χ4n) is 3.03. The Morgan fingerprint density at radius 2 is 2.10 bits per heavy atom. The van der Waals surface area contributed by atoms with Gasteiger partial charge < -0.3 is 4.57 Å². The molecule has 0 aliphatic carbocycles. The van der Waals surface area contributed by atoms with Crippen molar-refractivity contribution in [1.82, 2.24) is 19.2 Å². The van der Waals surface area contributed by atoms with Crippen molar-refractivity contribution >= 4 is 12.2 Å². The predicted molar refractivity (Wildman–Crippen MR) is 86.6 cm³/mol. The molecule has 1 fully saturated rings. The number of aromatic nitrogens is 3. The second-order valence-electron chi connectivity index (χ2n) is 5.98. The molecular weight excluding hydrogens is 280 g/mol. The van der Waals surface area contributed by atoms with Crippen LogP contribution in [-0.2, 0) is 13.7 Å². The van der Waals surface area contributed by atoms with Gasteiger partial charge in [-0.05, 0) is 55.6 Å². The summed E-state index contributed by atoms with van der Waals surface area (Å²) in [7, 11) is 1.94. The zero-order valence-corrected chi connectivity index (χ0v) is 13.7. The zero-order valence-electron chi connectivity index (χ0n) is 12.9. The molecule has 2 aromatic rings. The van der Waals surface area contributed by atoms with Crippen molar-refractivity contribution in [3.8, 4) is 0 Å². The topological polar surface area (TPSA) is 26.0 Å². The summed E-state index contributed by atoms with van der Waals surface area (Å²) in [5, 5.41) is 4.37. The van der Waals surface area contributed by atoms with E-state index in [1.54, 1.807) is 6.33 Å². The summed E-state index contributed by atoms with van der Waals surface area (Å²) in [5.41, 5.74) is 4.14. The van der Waals surface area contributed by atoms with E-state index in [1.165, 1.54) is 29.5 Å². The first kappa shape index (κ1) is 14.5. The van der Waals surface area contributed by atoms with Crippen LogP contribution in [0, 0.1) is 18.6 Å². The number of hydrogen-bond donors (Lipinski definition) is 0. The van der Waals surface area contributed by atoms with Gasteiger partial charge in [0.2, 0.25) is 0 Å². The number of hydrogen-bond acceptors (Lipinski definition) is 3. The highest BCUT2D eigenvalue weighted by atomic mass is 32.1. The smallest absolute Gasteiger partial charge is 0.198 e. The summed E-state index contributed by atoms with van der Waals surface area (Å²) in [6, 6.07) is 7.31. The second kappa shape index (κ2) is 5.73. The van der Waals surface area contributed by atoms with E-state index in [1.807, 2.05) is 16.3 Å². The van der Waals surface area contributed by atoms with Crippen LogP contribution in [0.15, 0.2) is 24.5 Å². The lowest BCUT2D eigenvalue weighted by atomic mass is 9.99. The third-order valence-electron chi connectivity index (χ3n) is 4.48. The summed E-state index contributed by atoms with van der Waals surface area (Å²) in [5.74, 6) is 0. The average molecular weight is 302 g/mol. The number of benzene rings is 1. The maximum Gasteiger partial charge on any atom is 0.198 e. The van der Waals surface area contributed by atoms with Crippen molar-refractivity contribution in [3.05, 3.63) is 46.0 Å². The first-order valence-corrected chi connectivity index (χ1v) is 7.87. The van der Waals surface area contributed by atoms with E-state index in [0.717, 1.165) is 18.0 Å². The molecule has 1 aromatic carbocycles. The number of rotatable bonds is 3. The molecule has 1 atom stereocenters. The lowest BCUT2D eigenvalue weighted by Crippen LogP contribution is -2.27. The second-order valence-corrected chi connectivity index (χ2v) is 6.34. The lowest BCUT2D eigenvalue weighted by Gasteiger charge is -2.25. The first-order valence-electron chi connectivity index (χ1n) is 7.46. The van der Waals surface area contributed by atoms with Crippen LogP contribution in [0.25, 0.3) is 0 Å². The summed E-state index contributed by atoms with van der Waals surface area (Å²) in [6.07, 6.45) is 4.23. The van der Waals surface area contributed by atoms with Crippen molar-refractivity contribution in [1.29, 1.82) is 0 Å². The third-order valence-corrected chi connectivity index (χ3v) is 4.98. The average Bonchev–Trinajstić information content (AvgIpc) is 3.04. The Hall–Kier alpha value is -1.46. The van der Waals surface area contributed by atoms with Crippen LogP contribution in [-0.4, -0.2) is 25.8 Å². The molecule has 0 spiro atoms. The molecule has 4 nitrogen and oxygen atoms in total. The maximum absolute atomic E-state index is 5.39. The van der Waals surface area contributed by atoms with Crippen LogP contribution < -0.4 is 0 Å². The van der Waals surface area contributed by atoms with Crippen LogP contribution in [0.4, 0.5) is 0 Å². The fourth-order valence-corrected chi connectivity index (χ4v) is 3.19. The van der Waals surface area contributed by atoms with Gasteiger partial charge in [-0.2, -0.15) is 5.10 Å². The molecule has 112 valence electrons. The number of likely N-dealkylation sites (tertiary alicyclic amines) is 1. The van der Waals surface area contributed by atoms with E-state index >= 15 is 0 Å². The van der Waals surface area contributed by atoms with E-state index in [2.05, 4.69) is 42.0 Å². The van der Waals surface area contributed by atoms with Gasteiger partial charge >= 0.3 is 0 Å². The van der Waals surface area contributed by atoms with Crippen molar-refractivity contribution in [3.63, 3.8) is 0 Å². The zero-order chi connectivity index (χ0) is 15.0. The van der Waals surface area contributed by atoms with Crippen LogP contribution in [0.1, 0.15) is 35.6 Å². The Kier molecular flexibility index (Phi) is 3.95. The summed E-state index contributed by atoms with van der Waals surface area (Å²) < 4.78 is 4.58. The van der Waals surface area contributed by atoms with Crippen molar-refractivity contribution in [2.24, 2.45) is 7.05 Å². The van der Waals surface area contributed by atoms with E-state index < -0.39 is 0 Å². The molecule has 0 amide bonds. The largest absolute Gasteiger partial charge is 0.310 e. The van der Waals surface area contributed by atoms with Gasteiger partial charge in [0.05, 0.1) is 6.67 Å². The minimum Gasteiger partial charge on any atom is -0.310 e. The first-order chi connectivity index (χ1) is 10.1. The van der Waals surface area contributed by atoms with Crippen LogP contribution in [0.5, 0.6) is 0 Å². The molecule has 3 rings (SSSR count). The number of aryl methyl sites for hydroxylation is 3. The van der Waals surface area contributed by atoms with E-state index in [9.17, 15) is 0 Å². The maximum atomic E-state index is 5.39. The van der Waals surface area contributed by atoms with Crippen molar-refractivity contribution < 1.29 is 0 Å². The molecule has 1 aromatic heterocycles. The molecule has 1 saturated heterocycles. The molecule has 5 heteroatoms. The SMILES string of the molecule is Cc1ccc(C2CCCN2Cn2ncn(C)c2=S)cc1C. The van der Waals surface area contributed by atoms with Gasteiger partial charge in [0.25, 0.3) is 0 Å². The quantitative estimate of drug-likeness (QED) is 0.813. The summed E-state index contributed by atoms with van der Waals surface area (Å²) >= 11 is 5.39. The Bertz CT molecular complexity index is 701. The van der Waals surface area contributed by atoms with E-state index in [-0.39, 0.29) is 0 Å². The van der Waals surface area contributed by atoms with E-state index in [4.69, 9.17) is 12.2 Å². The molecule has 1 aliphatic heterocycles. The Morgan fingerprint density at radius 1 is 1.29 bits per heavy atom. The number of nitrogens with zero attached hydrogens (tertiary/aromatic N) is 4. The van der Waals surface area contributed by atoms with Crippen LogP contribution >= 0.6 is 12.2 Å². The van der Waals surface area contributed by atoms with Gasteiger partial charge in [-0.25, -0.2) is 4.68 Å². The summed E-state index contributed by atoms with van der Waals surface area (Å²) in [4.78, 5) is 2.48. The highest BCUT2D eigenvalue weighted by Crippen LogP contribution is 2.33. The Balaban J connectivity index is 1.83. The highest BCUT2D eigenvalue weighted by molar-refractivity contribution is 7.71. The molecule has 1 aliphatic rings. The van der Waals surface area contributed by atoms with E-state index in [0.29, 0.717) is 6.04 Å². The lowest BCUT2D eigenvalue weighted by molar-refractivity contribution is 0.189. The minimum absolute atomic E-state index is 0.480. The molecule has 0 radical (unpaired) electrons. The normalized spacial score (nSPS) is 19.3. The van der Waals surface area contributed by atoms with Crippen LogP contribution in [0.2, 0.25) is 0 Å². The van der Waals surface area contributed by atoms with Crippen LogP contribution in [0.3, 0.4) is 0 Å². The minimum atomic E-state index is 0.480. The molecule has 21 heavy (non-hydrogen) atoms.